The van der Waals surface area contributed by atoms with Crippen LogP contribution in [0.15, 0.2) is 0 Å². The fourth-order valence-corrected chi connectivity index (χ4v) is 1.19. The summed E-state index contributed by atoms with van der Waals surface area (Å²) in [6.07, 6.45) is 0. The lowest BCUT2D eigenvalue weighted by Crippen LogP contribution is -2.30. The van der Waals surface area contributed by atoms with Crippen LogP contribution in [0.4, 0.5) is 17.8 Å². The maximum atomic E-state index is 5.66. The number of anilines is 3. The minimum atomic E-state index is 0.246. The first-order valence-electron chi connectivity index (χ1n) is 5.45. The molecule has 1 aromatic rings. The fraction of sp³-hybridized carbons (Fsp3) is 0.700. The van der Waals surface area contributed by atoms with E-state index in [9.17, 15) is 0 Å². The minimum Gasteiger partial charge on any atom is -0.368 e. The Balaban J connectivity index is 2.82. The lowest BCUT2D eigenvalue weighted by molar-refractivity contribution is 0.415. The Hall–Kier alpha value is -1.63. The molecule has 96 valence electrons. The number of aromatic nitrogens is 3. The van der Waals surface area contributed by atoms with Gasteiger partial charge in [0, 0.05) is 34.2 Å². The quantitative estimate of drug-likeness (QED) is 0.743. The van der Waals surface area contributed by atoms with Gasteiger partial charge in [0.2, 0.25) is 17.8 Å². The zero-order valence-electron chi connectivity index (χ0n) is 11.2. The highest BCUT2D eigenvalue weighted by Gasteiger charge is 2.10. The van der Waals surface area contributed by atoms with Crippen molar-refractivity contribution in [1.82, 2.24) is 19.9 Å². The van der Waals surface area contributed by atoms with E-state index in [4.69, 9.17) is 5.73 Å². The van der Waals surface area contributed by atoms with Crippen LogP contribution in [-0.4, -0.2) is 68.2 Å². The molecule has 0 fully saturated rings. The van der Waals surface area contributed by atoms with Crippen LogP contribution < -0.4 is 15.5 Å². The Morgan fingerprint density at radius 2 is 1.47 bits per heavy atom. The van der Waals surface area contributed by atoms with Gasteiger partial charge in [-0.3, -0.25) is 0 Å². The maximum Gasteiger partial charge on any atom is 0.231 e. The SMILES string of the molecule is CN(C)CCN(C)c1nc(N)nc(N(C)C)n1. The molecule has 7 heteroatoms. The third kappa shape index (κ3) is 4.03. The van der Waals surface area contributed by atoms with Crippen molar-refractivity contribution in [2.45, 2.75) is 0 Å². The zero-order chi connectivity index (χ0) is 13.0. The van der Waals surface area contributed by atoms with Gasteiger partial charge in [0.15, 0.2) is 0 Å². The van der Waals surface area contributed by atoms with Crippen LogP contribution >= 0.6 is 0 Å². The number of nitrogens with zero attached hydrogens (tertiary/aromatic N) is 6. The van der Waals surface area contributed by atoms with Crippen molar-refractivity contribution in [3.63, 3.8) is 0 Å². The summed E-state index contributed by atoms with van der Waals surface area (Å²) in [4.78, 5) is 18.4. The van der Waals surface area contributed by atoms with Gasteiger partial charge in [-0.25, -0.2) is 0 Å². The van der Waals surface area contributed by atoms with Gasteiger partial charge in [0.05, 0.1) is 0 Å². The molecule has 7 nitrogen and oxygen atoms in total. The lowest BCUT2D eigenvalue weighted by atomic mass is 10.5. The van der Waals surface area contributed by atoms with Crippen LogP contribution in [-0.2, 0) is 0 Å². The number of hydrogen-bond acceptors (Lipinski definition) is 7. The first-order chi connectivity index (χ1) is 7.90. The molecule has 0 unspecified atom stereocenters. The summed E-state index contributed by atoms with van der Waals surface area (Å²) in [5.41, 5.74) is 5.66. The van der Waals surface area contributed by atoms with Crippen molar-refractivity contribution in [1.29, 1.82) is 0 Å². The predicted molar refractivity (Wildman–Crippen MR) is 70.4 cm³/mol. The summed E-state index contributed by atoms with van der Waals surface area (Å²) in [7, 11) is 9.75. The lowest BCUT2D eigenvalue weighted by Gasteiger charge is -2.20. The average molecular weight is 239 g/mol. The molecule has 0 aliphatic carbocycles. The topological polar surface area (TPSA) is 74.4 Å². The number of nitrogens with two attached hydrogens (primary N) is 1. The highest BCUT2D eigenvalue weighted by molar-refractivity contribution is 5.42. The molecule has 0 aliphatic rings. The molecule has 0 spiro atoms. The van der Waals surface area contributed by atoms with E-state index < -0.39 is 0 Å². The number of rotatable bonds is 5. The van der Waals surface area contributed by atoms with E-state index >= 15 is 0 Å². The van der Waals surface area contributed by atoms with E-state index in [1.807, 2.05) is 40.1 Å². The van der Waals surface area contributed by atoms with E-state index in [0.717, 1.165) is 13.1 Å². The molecule has 17 heavy (non-hydrogen) atoms. The molecule has 1 aromatic heterocycles. The van der Waals surface area contributed by atoms with Gasteiger partial charge in [-0.2, -0.15) is 15.0 Å². The average Bonchev–Trinajstić information content (AvgIpc) is 2.24. The molecule has 0 amide bonds. The molecule has 0 aliphatic heterocycles. The molecule has 0 bridgehead atoms. The molecule has 2 N–H and O–H groups in total. The van der Waals surface area contributed by atoms with E-state index in [1.54, 1.807) is 4.90 Å². The van der Waals surface area contributed by atoms with Crippen molar-refractivity contribution < 1.29 is 0 Å². The molecule has 1 rings (SSSR count). The van der Waals surface area contributed by atoms with Gasteiger partial charge < -0.3 is 20.4 Å². The summed E-state index contributed by atoms with van der Waals surface area (Å²) in [6, 6.07) is 0. The Morgan fingerprint density at radius 3 is 2.00 bits per heavy atom. The molecule has 0 aromatic carbocycles. The summed E-state index contributed by atoms with van der Waals surface area (Å²) >= 11 is 0. The van der Waals surface area contributed by atoms with Gasteiger partial charge in [-0.05, 0) is 14.1 Å². The highest BCUT2D eigenvalue weighted by atomic mass is 15.3. The van der Waals surface area contributed by atoms with Gasteiger partial charge in [0.1, 0.15) is 0 Å². The molecule has 0 atom stereocenters. The molecule has 1 heterocycles. The summed E-state index contributed by atoms with van der Waals surface area (Å²) in [5.74, 6) is 1.42. The number of likely N-dealkylation sites (N-methyl/N-ethyl adjacent to an activating group) is 2. The highest BCUT2D eigenvalue weighted by Crippen LogP contribution is 2.11. The summed E-state index contributed by atoms with van der Waals surface area (Å²) < 4.78 is 0. The molecule has 0 saturated carbocycles. The first kappa shape index (κ1) is 13.4. The van der Waals surface area contributed by atoms with E-state index in [0.29, 0.717) is 11.9 Å². The van der Waals surface area contributed by atoms with Crippen LogP contribution in [0.5, 0.6) is 0 Å². The number of nitrogen functional groups attached to an aromatic ring is 1. The second-order valence-electron chi connectivity index (χ2n) is 4.41. The first-order valence-corrected chi connectivity index (χ1v) is 5.45. The van der Waals surface area contributed by atoms with Crippen LogP contribution in [0.3, 0.4) is 0 Å². The number of hydrogen-bond donors (Lipinski definition) is 1. The third-order valence-electron chi connectivity index (χ3n) is 2.25. The predicted octanol–water partition coefficient (Wildman–Crippen LogP) is -0.482. The van der Waals surface area contributed by atoms with E-state index in [2.05, 4.69) is 19.9 Å². The fourth-order valence-electron chi connectivity index (χ4n) is 1.19. The summed E-state index contributed by atoms with van der Waals surface area (Å²) in [6.45, 7) is 1.77. The normalized spacial score (nSPS) is 10.7. The van der Waals surface area contributed by atoms with Gasteiger partial charge in [-0.15, -0.1) is 0 Å². The molecular weight excluding hydrogens is 218 g/mol. The largest absolute Gasteiger partial charge is 0.368 e. The Morgan fingerprint density at radius 1 is 0.882 bits per heavy atom. The third-order valence-corrected chi connectivity index (χ3v) is 2.25. The summed E-state index contributed by atoms with van der Waals surface area (Å²) in [5, 5.41) is 0. The molecule has 0 radical (unpaired) electrons. The van der Waals surface area contributed by atoms with Gasteiger partial charge in [-0.1, -0.05) is 0 Å². The zero-order valence-corrected chi connectivity index (χ0v) is 11.2. The Kier molecular flexibility index (Phi) is 4.45. The van der Waals surface area contributed by atoms with Crippen molar-refractivity contribution in [2.24, 2.45) is 0 Å². The molecule has 0 saturated heterocycles. The van der Waals surface area contributed by atoms with Crippen molar-refractivity contribution >= 4 is 17.8 Å². The van der Waals surface area contributed by atoms with Crippen molar-refractivity contribution in [2.75, 3.05) is 63.9 Å². The van der Waals surface area contributed by atoms with Crippen molar-refractivity contribution in [3.05, 3.63) is 0 Å². The Labute approximate surface area is 102 Å². The second kappa shape index (κ2) is 5.62. The second-order valence-corrected chi connectivity index (χ2v) is 4.41. The standard InChI is InChI=1S/C10H21N7/c1-15(2)6-7-17(5)10-13-8(11)12-9(14-10)16(3)4/h6-7H2,1-5H3,(H2,11,12,13,14). The molecular formula is C10H21N7. The minimum absolute atomic E-state index is 0.246. The van der Waals surface area contributed by atoms with Crippen molar-refractivity contribution in [3.8, 4) is 0 Å². The van der Waals surface area contributed by atoms with Crippen LogP contribution in [0.1, 0.15) is 0 Å². The smallest absolute Gasteiger partial charge is 0.231 e. The van der Waals surface area contributed by atoms with E-state index in [-0.39, 0.29) is 5.95 Å². The monoisotopic (exact) mass is 239 g/mol. The van der Waals surface area contributed by atoms with Gasteiger partial charge >= 0.3 is 0 Å². The van der Waals surface area contributed by atoms with Crippen LogP contribution in [0, 0.1) is 0 Å². The van der Waals surface area contributed by atoms with Crippen LogP contribution in [0.2, 0.25) is 0 Å². The Bertz CT molecular complexity index is 364. The maximum absolute atomic E-state index is 5.66. The van der Waals surface area contributed by atoms with E-state index in [1.165, 1.54) is 0 Å². The van der Waals surface area contributed by atoms with Crippen LogP contribution in [0.25, 0.3) is 0 Å². The van der Waals surface area contributed by atoms with Gasteiger partial charge in [0.25, 0.3) is 0 Å².